The van der Waals surface area contributed by atoms with Crippen LogP contribution in [0.5, 0.6) is 5.88 Å². The van der Waals surface area contributed by atoms with E-state index in [0.29, 0.717) is 17.8 Å². The lowest BCUT2D eigenvalue weighted by Crippen LogP contribution is -2.36. The summed E-state index contributed by atoms with van der Waals surface area (Å²) in [6.45, 7) is 9.08. The zero-order chi connectivity index (χ0) is 13.8. The van der Waals surface area contributed by atoms with Crippen LogP contribution in [0.25, 0.3) is 0 Å². The van der Waals surface area contributed by atoms with Gasteiger partial charge in [0.25, 0.3) is 0 Å². The lowest BCUT2D eigenvalue weighted by atomic mass is 9.93. The molecule has 1 saturated heterocycles. The number of hydrogen-bond donors (Lipinski definition) is 0. The van der Waals surface area contributed by atoms with Gasteiger partial charge in [-0.2, -0.15) is 0 Å². The second-order valence-corrected chi connectivity index (χ2v) is 5.93. The standard InChI is InChI=1S/C16H26N2O/c1-12(2)11-18-10-6-5-7-15(18)14-8-9-16(19-4)17-13(14)3/h8-9,12,15H,5-7,10-11H2,1-4H3/t15-/m1/s1. The highest BCUT2D eigenvalue weighted by Crippen LogP contribution is 2.33. The van der Waals surface area contributed by atoms with Crippen molar-refractivity contribution in [1.82, 2.24) is 9.88 Å². The van der Waals surface area contributed by atoms with Crippen LogP contribution in [0.15, 0.2) is 12.1 Å². The van der Waals surface area contributed by atoms with Crippen LogP contribution in [0.3, 0.4) is 0 Å². The van der Waals surface area contributed by atoms with Gasteiger partial charge in [0.1, 0.15) is 0 Å². The van der Waals surface area contributed by atoms with Gasteiger partial charge in [-0.05, 0) is 37.8 Å². The Kier molecular flexibility index (Phi) is 4.81. The first-order valence-corrected chi connectivity index (χ1v) is 7.37. The Bertz CT molecular complexity index is 417. The Morgan fingerprint density at radius 2 is 2.16 bits per heavy atom. The number of rotatable bonds is 4. The molecule has 3 nitrogen and oxygen atoms in total. The van der Waals surface area contributed by atoms with Crippen molar-refractivity contribution in [3.63, 3.8) is 0 Å². The van der Waals surface area contributed by atoms with E-state index in [9.17, 15) is 0 Å². The van der Waals surface area contributed by atoms with Crippen LogP contribution in [0.1, 0.15) is 50.4 Å². The first kappa shape index (κ1) is 14.3. The normalized spacial score (nSPS) is 20.8. The topological polar surface area (TPSA) is 25.4 Å². The van der Waals surface area contributed by atoms with Gasteiger partial charge in [0.2, 0.25) is 5.88 Å². The maximum atomic E-state index is 5.20. The summed E-state index contributed by atoms with van der Waals surface area (Å²) in [4.78, 5) is 7.16. The van der Waals surface area contributed by atoms with Crippen molar-refractivity contribution in [2.24, 2.45) is 5.92 Å². The molecular weight excluding hydrogens is 236 g/mol. The number of hydrogen-bond acceptors (Lipinski definition) is 3. The van der Waals surface area contributed by atoms with Crippen molar-refractivity contribution < 1.29 is 4.74 Å². The van der Waals surface area contributed by atoms with E-state index in [1.165, 1.54) is 37.9 Å². The molecule has 0 N–H and O–H groups in total. The third-order valence-corrected chi connectivity index (χ3v) is 3.88. The molecule has 1 aromatic rings. The monoisotopic (exact) mass is 262 g/mol. The number of likely N-dealkylation sites (tertiary alicyclic amines) is 1. The Labute approximate surface area is 117 Å². The van der Waals surface area contributed by atoms with Crippen LogP contribution < -0.4 is 4.74 Å². The Morgan fingerprint density at radius 3 is 2.79 bits per heavy atom. The van der Waals surface area contributed by atoms with Gasteiger partial charge in [-0.25, -0.2) is 4.98 Å². The van der Waals surface area contributed by atoms with Crippen molar-refractivity contribution in [3.8, 4) is 5.88 Å². The lowest BCUT2D eigenvalue weighted by molar-refractivity contribution is 0.131. The molecule has 1 atom stereocenters. The molecule has 0 aliphatic carbocycles. The third kappa shape index (κ3) is 3.47. The van der Waals surface area contributed by atoms with Crippen LogP contribution in [0, 0.1) is 12.8 Å². The molecule has 1 aromatic heterocycles. The number of aryl methyl sites for hydroxylation is 1. The van der Waals surface area contributed by atoms with E-state index >= 15 is 0 Å². The molecule has 2 rings (SSSR count). The zero-order valence-electron chi connectivity index (χ0n) is 12.6. The van der Waals surface area contributed by atoms with Crippen LogP contribution in [0.4, 0.5) is 0 Å². The summed E-state index contributed by atoms with van der Waals surface area (Å²) in [5.74, 6) is 1.43. The average Bonchev–Trinajstić information content (AvgIpc) is 2.39. The predicted molar refractivity (Wildman–Crippen MR) is 78.5 cm³/mol. The van der Waals surface area contributed by atoms with E-state index in [-0.39, 0.29) is 0 Å². The molecule has 0 bridgehead atoms. The molecule has 0 saturated carbocycles. The molecule has 1 aliphatic heterocycles. The van der Waals surface area contributed by atoms with E-state index in [0.717, 1.165) is 5.69 Å². The third-order valence-electron chi connectivity index (χ3n) is 3.88. The molecule has 0 unspecified atom stereocenters. The van der Waals surface area contributed by atoms with Gasteiger partial charge in [0.15, 0.2) is 0 Å². The van der Waals surface area contributed by atoms with Crippen molar-refractivity contribution in [2.75, 3.05) is 20.2 Å². The maximum absolute atomic E-state index is 5.20. The van der Waals surface area contributed by atoms with Gasteiger partial charge in [0.05, 0.1) is 7.11 Å². The van der Waals surface area contributed by atoms with Gasteiger partial charge in [0, 0.05) is 24.3 Å². The van der Waals surface area contributed by atoms with E-state index in [1.807, 2.05) is 6.07 Å². The minimum Gasteiger partial charge on any atom is -0.481 e. The average molecular weight is 262 g/mol. The SMILES string of the molecule is COc1ccc([C@H]2CCCCN2CC(C)C)c(C)n1. The molecule has 0 aromatic carbocycles. The molecule has 106 valence electrons. The zero-order valence-corrected chi connectivity index (χ0v) is 12.6. The van der Waals surface area contributed by atoms with E-state index in [4.69, 9.17) is 4.74 Å². The van der Waals surface area contributed by atoms with Crippen LogP contribution in [-0.4, -0.2) is 30.1 Å². The largest absolute Gasteiger partial charge is 0.481 e. The van der Waals surface area contributed by atoms with E-state index < -0.39 is 0 Å². The van der Waals surface area contributed by atoms with Crippen LogP contribution in [-0.2, 0) is 0 Å². The Hall–Kier alpha value is -1.09. The summed E-state index contributed by atoms with van der Waals surface area (Å²) >= 11 is 0. The van der Waals surface area contributed by atoms with E-state index in [1.54, 1.807) is 7.11 Å². The first-order valence-electron chi connectivity index (χ1n) is 7.37. The predicted octanol–water partition coefficient (Wildman–Crippen LogP) is 3.58. The van der Waals surface area contributed by atoms with Gasteiger partial charge in [-0.3, -0.25) is 4.90 Å². The fourth-order valence-electron chi connectivity index (χ4n) is 3.05. The second kappa shape index (κ2) is 6.38. The van der Waals surface area contributed by atoms with Crippen LogP contribution >= 0.6 is 0 Å². The molecule has 0 radical (unpaired) electrons. The summed E-state index contributed by atoms with van der Waals surface area (Å²) in [5.41, 5.74) is 2.49. The molecule has 0 amide bonds. The van der Waals surface area contributed by atoms with Crippen LogP contribution in [0.2, 0.25) is 0 Å². The van der Waals surface area contributed by atoms with Gasteiger partial charge < -0.3 is 4.74 Å². The molecule has 1 fully saturated rings. The number of pyridine rings is 1. The highest BCUT2D eigenvalue weighted by atomic mass is 16.5. The molecule has 1 aliphatic rings. The minimum atomic E-state index is 0.537. The Balaban J connectivity index is 2.21. The maximum Gasteiger partial charge on any atom is 0.213 e. The van der Waals surface area contributed by atoms with Gasteiger partial charge in [-0.15, -0.1) is 0 Å². The highest BCUT2D eigenvalue weighted by Gasteiger charge is 2.25. The van der Waals surface area contributed by atoms with Crippen molar-refractivity contribution in [2.45, 2.75) is 46.1 Å². The number of methoxy groups -OCH3 is 1. The Morgan fingerprint density at radius 1 is 1.37 bits per heavy atom. The second-order valence-electron chi connectivity index (χ2n) is 5.93. The summed E-state index contributed by atoms with van der Waals surface area (Å²) in [5, 5.41) is 0. The van der Waals surface area contributed by atoms with Gasteiger partial charge in [-0.1, -0.05) is 26.3 Å². The van der Waals surface area contributed by atoms with Crippen molar-refractivity contribution in [1.29, 1.82) is 0 Å². The molecular formula is C16H26N2O. The smallest absolute Gasteiger partial charge is 0.213 e. The summed E-state index contributed by atoms with van der Waals surface area (Å²) < 4.78 is 5.20. The summed E-state index contributed by atoms with van der Waals surface area (Å²) in [6.07, 6.45) is 3.90. The molecule has 19 heavy (non-hydrogen) atoms. The molecule has 2 heterocycles. The fraction of sp³-hybridized carbons (Fsp3) is 0.688. The number of nitrogens with zero attached hydrogens (tertiary/aromatic N) is 2. The quantitative estimate of drug-likeness (QED) is 0.829. The number of ether oxygens (including phenoxy) is 1. The molecule has 3 heteroatoms. The highest BCUT2D eigenvalue weighted by molar-refractivity contribution is 5.28. The number of aromatic nitrogens is 1. The fourth-order valence-corrected chi connectivity index (χ4v) is 3.05. The van der Waals surface area contributed by atoms with E-state index in [2.05, 4.69) is 36.7 Å². The first-order chi connectivity index (χ1) is 9.11. The minimum absolute atomic E-state index is 0.537. The molecule has 0 spiro atoms. The van der Waals surface area contributed by atoms with Crippen molar-refractivity contribution >= 4 is 0 Å². The number of piperidine rings is 1. The summed E-state index contributed by atoms with van der Waals surface area (Å²) in [7, 11) is 1.67. The lowest BCUT2D eigenvalue weighted by Gasteiger charge is -2.37. The summed E-state index contributed by atoms with van der Waals surface area (Å²) in [6, 6.07) is 4.73. The van der Waals surface area contributed by atoms with Gasteiger partial charge >= 0.3 is 0 Å². The van der Waals surface area contributed by atoms with Crippen molar-refractivity contribution in [3.05, 3.63) is 23.4 Å².